The molecular formula is C14H11ClFN3O2. The van der Waals surface area contributed by atoms with Crippen molar-refractivity contribution in [3.63, 3.8) is 0 Å². The van der Waals surface area contributed by atoms with Crippen molar-refractivity contribution in [2.45, 2.75) is 6.92 Å². The first kappa shape index (κ1) is 13.6. The van der Waals surface area contributed by atoms with Crippen molar-refractivity contribution in [1.82, 2.24) is 15.0 Å². The summed E-state index contributed by atoms with van der Waals surface area (Å²) in [5, 5.41) is 0.547. The van der Waals surface area contributed by atoms with Crippen LogP contribution >= 0.6 is 11.6 Å². The van der Waals surface area contributed by atoms with E-state index in [9.17, 15) is 4.39 Å². The van der Waals surface area contributed by atoms with Crippen molar-refractivity contribution >= 4 is 22.5 Å². The fourth-order valence-electron chi connectivity index (χ4n) is 2.05. The number of rotatable bonds is 3. The van der Waals surface area contributed by atoms with E-state index >= 15 is 0 Å². The highest BCUT2D eigenvalue weighted by atomic mass is 35.5. The Morgan fingerprint density at radius 3 is 2.86 bits per heavy atom. The number of ether oxygens (including phenoxy) is 2. The number of halogens is 2. The molecule has 0 radical (unpaired) electrons. The van der Waals surface area contributed by atoms with Gasteiger partial charge in [0.05, 0.1) is 7.11 Å². The first-order valence-electron chi connectivity index (χ1n) is 6.10. The first-order valence-corrected chi connectivity index (χ1v) is 6.48. The zero-order valence-corrected chi connectivity index (χ0v) is 12.0. The number of aryl methyl sites for hydroxylation is 1. The van der Waals surface area contributed by atoms with E-state index in [-0.39, 0.29) is 22.5 Å². The Kier molecular flexibility index (Phi) is 3.39. The fraction of sp³-hybridized carbons (Fsp3) is 0.143. The highest BCUT2D eigenvalue weighted by Crippen LogP contribution is 2.36. The van der Waals surface area contributed by atoms with E-state index in [2.05, 4.69) is 15.0 Å². The summed E-state index contributed by atoms with van der Waals surface area (Å²) in [5.74, 6) is -0.227. The molecule has 0 spiro atoms. The normalized spacial score (nSPS) is 10.9. The number of methoxy groups -OCH3 is 1. The fourth-order valence-corrected chi connectivity index (χ4v) is 2.25. The Balaban J connectivity index is 2.06. The minimum Gasteiger partial charge on any atom is -0.489 e. The number of benzene rings is 1. The summed E-state index contributed by atoms with van der Waals surface area (Å²) < 4.78 is 25.0. The minimum absolute atomic E-state index is 0.0366. The molecule has 0 unspecified atom stereocenters. The molecule has 0 atom stereocenters. The standard InChI is InChI=1S/C14H11ClFN3O2/c1-7-5-8-9(19-7)3-4-10(11(8)16)21-14-12(20-2)13(15)17-6-18-14/h3-6,19H,1-2H3. The van der Waals surface area contributed by atoms with Crippen LogP contribution in [0.25, 0.3) is 10.9 Å². The number of hydrogen-bond acceptors (Lipinski definition) is 4. The Labute approximate surface area is 124 Å². The van der Waals surface area contributed by atoms with Gasteiger partial charge in [0, 0.05) is 16.6 Å². The van der Waals surface area contributed by atoms with E-state index in [1.165, 1.54) is 19.5 Å². The predicted molar refractivity (Wildman–Crippen MR) is 76.7 cm³/mol. The zero-order chi connectivity index (χ0) is 15.0. The van der Waals surface area contributed by atoms with Crippen molar-refractivity contribution in [3.05, 3.63) is 41.2 Å². The van der Waals surface area contributed by atoms with E-state index in [1.807, 2.05) is 6.92 Å². The summed E-state index contributed by atoms with van der Waals surface area (Å²) in [4.78, 5) is 10.7. The summed E-state index contributed by atoms with van der Waals surface area (Å²) in [6, 6.07) is 4.96. The van der Waals surface area contributed by atoms with Gasteiger partial charge in [-0.3, -0.25) is 0 Å². The summed E-state index contributed by atoms with van der Waals surface area (Å²) in [5.41, 5.74) is 1.56. The minimum atomic E-state index is -0.478. The molecule has 3 aromatic rings. The van der Waals surface area contributed by atoms with Crippen molar-refractivity contribution < 1.29 is 13.9 Å². The average Bonchev–Trinajstić information content (AvgIpc) is 2.84. The van der Waals surface area contributed by atoms with Crippen LogP contribution in [0.4, 0.5) is 4.39 Å². The van der Waals surface area contributed by atoms with Gasteiger partial charge < -0.3 is 14.5 Å². The van der Waals surface area contributed by atoms with Gasteiger partial charge in [-0.2, -0.15) is 4.98 Å². The Morgan fingerprint density at radius 2 is 2.10 bits per heavy atom. The van der Waals surface area contributed by atoms with Crippen LogP contribution in [0.5, 0.6) is 17.4 Å². The quantitative estimate of drug-likeness (QED) is 0.746. The van der Waals surface area contributed by atoms with Crippen molar-refractivity contribution in [2.75, 3.05) is 7.11 Å². The summed E-state index contributed by atoms with van der Waals surface area (Å²) in [7, 11) is 1.41. The van der Waals surface area contributed by atoms with Crippen LogP contribution in [0.1, 0.15) is 5.69 Å². The van der Waals surface area contributed by atoms with E-state index in [1.54, 1.807) is 12.1 Å². The van der Waals surface area contributed by atoms with Gasteiger partial charge in [0.1, 0.15) is 6.33 Å². The second kappa shape index (κ2) is 5.21. The third-order valence-electron chi connectivity index (χ3n) is 2.98. The molecule has 7 heteroatoms. The van der Waals surface area contributed by atoms with Crippen LogP contribution in [0.15, 0.2) is 24.5 Å². The number of aromatic nitrogens is 3. The van der Waals surface area contributed by atoms with Crippen LogP contribution < -0.4 is 9.47 Å². The molecule has 21 heavy (non-hydrogen) atoms. The number of hydrogen-bond donors (Lipinski definition) is 1. The average molecular weight is 308 g/mol. The van der Waals surface area contributed by atoms with Gasteiger partial charge in [0.2, 0.25) is 5.75 Å². The lowest BCUT2D eigenvalue weighted by Gasteiger charge is -2.10. The molecule has 0 saturated heterocycles. The van der Waals surface area contributed by atoms with Crippen LogP contribution in [-0.4, -0.2) is 22.1 Å². The van der Waals surface area contributed by atoms with E-state index in [0.717, 1.165) is 5.69 Å². The van der Waals surface area contributed by atoms with Crippen molar-refractivity contribution in [3.8, 4) is 17.4 Å². The molecule has 2 heterocycles. The van der Waals surface area contributed by atoms with Gasteiger partial charge in [0.25, 0.3) is 5.88 Å². The highest BCUT2D eigenvalue weighted by Gasteiger charge is 2.16. The Hall–Kier alpha value is -2.34. The Bertz CT molecular complexity index is 819. The van der Waals surface area contributed by atoms with E-state index < -0.39 is 5.82 Å². The highest BCUT2D eigenvalue weighted by molar-refractivity contribution is 6.31. The lowest BCUT2D eigenvalue weighted by Crippen LogP contribution is -1.97. The first-order chi connectivity index (χ1) is 10.1. The SMILES string of the molecule is COc1c(Cl)ncnc1Oc1ccc2[nH]c(C)cc2c1F. The Morgan fingerprint density at radius 1 is 1.29 bits per heavy atom. The third kappa shape index (κ3) is 2.38. The second-order valence-corrected chi connectivity index (χ2v) is 4.75. The van der Waals surface area contributed by atoms with Crippen molar-refractivity contribution in [2.24, 2.45) is 0 Å². The second-order valence-electron chi connectivity index (χ2n) is 4.40. The number of nitrogens with one attached hydrogen (secondary N) is 1. The molecule has 0 aliphatic rings. The van der Waals surface area contributed by atoms with Crippen LogP contribution in [-0.2, 0) is 0 Å². The molecule has 2 aromatic heterocycles. The number of nitrogens with zero attached hydrogens (tertiary/aromatic N) is 2. The molecule has 0 aliphatic heterocycles. The molecule has 1 N–H and O–H groups in total. The maximum absolute atomic E-state index is 14.4. The van der Waals surface area contributed by atoms with Crippen molar-refractivity contribution in [1.29, 1.82) is 0 Å². The molecule has 0 aliphatic carbocycles. The maximum atomic E-state index is 14.4. The molecule has 0 amide bonds. The number of aromatic amines is 1. The molecule has 1 aromatic carbocycles. The lowest BCUT2D eigenvalue weighted by molar-refractivity contribution is 0.360. The third-order valence-corrected chi connectivity index (χ3v) is 3.24. The molecule has 3 rings (SSSR count). The molecule has 0 fully saturated rings. The number of H-pyrrole nitrogens is 1. The molecule has 0 saturated carbocycles. The molecular weight excluding hydrogens is 297 g/mol. The largest absolute Gasteiger partial charge is 0.489 e. The van der Waals surface area contributed by atoms with Gasteiger partial charge in [-0.05, 0) is 25.1 Å². The molecule has 108 valence electrons. The summed E-state index contributed by atoms with van der Waals surface area (Å²) in [6.45, 7) is 1.85. The van der Waals surface area contributed by atoms with E-state index in [4.69, 9.17) is 21.1 Å². The van der Waals surface area contributed by atoms with Crippen LogP contribution in [0, 0.1) is 12.7 Å². The molecule has 0 bridgehead atoms. The smallest absolute Gasteiger partial charge is 0.267 e. The van der Waals surface area contributed by atoms with Gasteiger partial charge in [-0.15, -0.1) is 0 Å². The maximum Gasteiger partial charge on any atom is 0.267 e. The van der Waals surface area contributed by atoms with Crippen LogP contribution in [0.3, 0.4) is 0 Å². The van der Waals surface area contributed by atoms with Gasteiger partial charge in [0.15, 0.2) is 16.7 Å². The van der Waals surface area contributed by atoms with Crippen LogP contribution in [0.2, 0.25) is 5.15 Å². The summed E-state index contributed by atoms with van der Waals surface area (Å²) in [6.07, 6.45) is 1.22. The zero-order valence-electron chi connectivity index (χ0n) is 11.3. The van der Waals surface area contributed by atoms with Gasteiger partial charge in [-0.25, -0.2) is 9.37 Å². The monoisotopic (exact) mass is 307 g/mol. The summed E-state index contributed by atoms with van der Waals surface area (Å²) >= 11 is 5.88. The lowest BCUT2D eigenvalue weighted by atomic mass is 10.2. The van der Waals surface area contributed by atoms with Gasteiger partial charge >= 0.3 is 0 Å². The van der Waals surface area contributed by atoms with Gasteiger partial charge in [-0.1, -0.05) is 11.6 Å². The topological polar surface area (TPSA) is 60.0 Å². The predicted octanol–water partition coefficient (Wildman–Crippen LogP) is 3.86. The number of fused-ring (bicyclic) bond motifs is 1. The van der Waals surface area contributed by atoms with E-state index in [0.29, 0.717) is 10.9 Å². The molecule has 5 nitrogen and oxygen atoms in total.